The van der Waals surface area contributed by atoms with Crippen LogP contribution in [-0.4, -0.2) is 50.0 Å². The minimum Gasteiger partial charge on any atom is -0.327 e. The summed E-state index contributed by atoms with van der Waals surface area (Å²) in [5.74, 6) is -0.330. The van der Waals surface area contributed by atoms with E-state index in [1.54, 1.807) is 54.3 Å². The van der Waals surface area contributed by atoms with E-state index in [1.165, 1.54) is 10.4 Å². The van der Waals surface area contributed by atoms with E-state index in [0.717, 1.165) is 12.0 Å². The van der Waals surface area contributed by atoms with Crippen molar-refractivity contribution in [3.05, 3.63) is 66.2 Å². The molecule has 32 heavy (non-hydrogen) atoms. The average Bonchev–Trinajstić information content (AvgIpc) is 3.15. The quantitative estimate of drug-likeness (QED) is 0.617. The molecule has 1 heterocycles. The zero-order valence-electron chi connectivity index (χ0n) is 18.4. The third kappa shape index (κ3) is 5.76. The van der Waals surface area contributed by atoms with Crippen LogP contribution in [-0.2, 0) is 19.6 Å². The topological polar surface area (TPSA) is 86.8 Å². The number of para-hydroxylation sites is 1. The van der Waals surface area contributed by atoms with Gasteiger partial charge in [-0.15, -0.1) is 0 Å². The molecule has 0 aliphatic carbocycles. The van der Waals surface area contributed by atoms with Crippen molar-refractivity contribution >= 4 is 39.3 Å². The van der Waals surface area contributed by atoms with Crippen LogP contribution >= 0.6 is 0 Å². The summed E-state index contributed by atoms with van der Waals surface area (Å²) in [6, 6.07) is 15.6. The molecule has 0 radical (unpaired) electrons. The summed E-state index contributed by atoms with van der Waals surface area (Å²) < 4.78 is 25.5. The molecule has 1 atom stereocenters. The molecule has 2 aromatic carbocycles. The number of hydrogen-bond donors (Lipinski definition) is 1. The fourth-order valence-electron chi connectivity index (χ4n) is 3.59. The maximum absolute atomic E-state index is 12.8. The van der Waals surface area contributed by atoms with Crippen molar-refractivity contribution in [2.75, 3.05) is 28.5 Å². The Morgan fingerprint density at radius 3 is 2.41 bits per heavy atom. The van der Waals surface area contributed by atoms with Gasteiger partial charge in [-0.25, -0.2) is 8.42 Å². The van der Waals surface area contributed by atoms with E-state index in [-0.39, 0.29) is 17.6 Å². The van der Waals surface area contributed by atoms with Gasteiger partial charge in [0.15, 0.2) is 0 Å². The highest BCUT2D eigenvalue weighted by molar-refractivity contribution is 7.93. The minimum absolute atomic E-state index is 0.173. The number of carbonyl (C=O) groups excluding carboxylic acids is 2. The third-order valence-corrected chi connectivity index (χ3v) is 7.20. The summed E-state index contributed by atoms with van der Waals surface area (Å²) in [5.41, 5.74) is 2.09. The molecular formula is C24H29N3O4S. The summed E-state index contributed by atoms with van der Waals surface area (Å²) in [6.45, 7) is 4.62. The fourth-order valence-corrected chi connectivity index (χ4v) is 5.15. The van der Waals surface area contributed by atoms with Crippen molar-refractivity contribution in [1.29, 1.82) is 0 Å². The van der Waals surface area contributed by atoms with E-state index in [4.69, 9.17) is 0 Å². The zero-order chi connectivity index (χ0) is 23.1. The van der Waals surface area contributed by atoms with Crippen LogP contribution < -0.4 is 9.62 Å². The lowest BCUT2D eigenvalue weighted by molar-refractivity contribution is -0.134. The van der Waals surface area contributed by atoms with Gasteiger partial charge < -0.3 is 10.2 Å². The predicted molar refractivity (Wildman–Crippen MR) is 128 cm³/mol. The Morgan fingerprint density at radius 1 is 1.12 bits per heavy atom. The second kappa shape index (κ2) is 10.5. The van der Waals surface area contributed by atoms with Gasteiger partial charge in [0.05, 0.1) is 11.4 Å². The number of benzene rings is 2. The van der Waals surface area contributed by atoms with Crippen LogP contribution in [0, 0.1) is 0 Å². The molecule has 0 bridgehead atoms. The number of amides is 2. The molecule has 0 aromatic heterocycles. The number of nitrogens with one attached hydrogen (secondary N) is 1. The van der Waals surface area contributed by atoms with Crippen LogP contribution in [0.25, 0.3) is 6.08 Å². The maximum Gasteiger partial charge on any atom is 0.247 e. The van der Waals surface area contributed by atoms with Crippen LogP contribution in [0.5, 0.6) is 0 Å². The Bertz CT molecular complexity index is 1070. The Labute approximate surface area is 189 Å². The molecule has 1 fully saturated rings. The van der Waals surface area contributed by atoms with E-state index in [9.17, 15) is 18.0 Å². The first kappa shape index (κ1) is 23.5. The summed E-state index contributed by atoms with van der Waals surface area (Å²) in [4.78, 5) is 27.0. The zero-order valence-corrected chi connectivity index (χ0v) is 19.2. The molecule has 3 rings (SSSR count). The molecule has 1 aliphatic rings. The molecule has 170 valence electrons. The number of hydrogen-bond acceptors (Lipinski definition) is 4. The average molecular weight is 456 g/mol. The molecule has 1 unspecified atom stereocenters. The van der Waals surface area contributed by atoms with Crippen molar-refractivity contribution in [3.63, 3.8) is 0 Å². The van der Waals surface area contributed by atoms with E-state index < -0.39 is 16.1 Å². The molecule has 2 aromatic rings. The molecule has 8 heteroatoms. The number of sulfonamides is 1. The Morgan fingerprint density at radius 2 is 1.81 bits per heavy atom. The minimum atomic E-state index is -3.22. The van der Waals surface area contributed by atoms with Crippen LogP contribution in [0.3, 0.4) is 0 Å². The molecule has 7 nitrogen and oxygen atoms in total. The molecule has 0 spiro atoms. The lowest BCUT2D eigenvalue weighted by Gasteiger charge is -2.27. The van der Waals surface area contributed by atoms with Gasteiger partial charge in [0.1, 0.15) is 6.04 Å². The number of anilines is 2. The Kier molecular flexibility index (Phi) is 7.69. The first-order chi connectivity index (χ1) is 15.3. The summed E-state index contributed by atoms with van der Waals surface area (Å²) in [6.07, 6.45) is 4.47. The summed E-state index contributed by atoms with van der Waals surface area (Å²) in [7, 11) is -3.22. The van der Waals surface area contributed by atoms with E-state index in [2.05, 4.69) is 5.32 Å². The van der Waals surface area contributed by atoms with Gasteiger partial charge in [-0.2, -0.15) is 0 Å². The fraction of sp³-hybridized carbons (Fsp3) is 0.333. The lowest BCUT2D eigenvalue weighted by atomic mass is 10.1. The summed E-state index contributed by atoms with van der Waals surface area (Å²) >= 11 is 0. The predicted octanol–water partition coefficient (Wildman–Crippen LogP) is 3.51. The van der Waals surface area contributed by atoms with E-state index >= 15 is 0 Å². The monoisotopic (exact) mass is 455 g/mol. The summed E-state index contributed by atoms with van der Waals surface area (Å²) in [5, 5.41) is 2.84. The lowest BCUT2D eigenvalue weighted by Crippen LogP contribution is -2.45. The van der Waals surface area contributed by atoms with Crippen molar-refractivity contribution in [1.82, 2.24) is 4.90 Å². The molecule has 1 N–H and O–H groups in total. The largest absolute Gasteiger partial charge is 0.327 e. The van der Waals surface area contributed by atoms with Crippen molar-refractivity contribution in [2.45, 2.75) is 32.7 Å². The number of carbonyl (C=O) groups is 2. The highest BCUT2D eigenvalue weighted by Gasteiger charge is 2.28. The van der Waals surface area contributed by atoms with Crippen LogP contribution in [0.1, 0.15) is 32.3 Å². The molecule has 0 saturated carbocycles. The first-order valence-corrected chi connectivity index (χ1v) is 12.4. The van der Waals surface area contributed by atoms with Crippen LogP contribution in [0.15, 0.2) is 60.7 Å². The molecule has 2 amide bonds. The first-order valence-electron chi connectivity index (χ1n) is 10.8. The van der Waals surface area contributed by atoms with Crippen molar-refractivity contribution in [2.24, 2.45) is 0 Å². The molecular weight excluding hydrogens is 426 g/mol. The van der Waals surface area contributed by atoms with E-state index in [0.29, 0.717) is 30.9 Å². The SMILES string of the molecule is CCCN(C(=O)/C=C/c1ccc(N2CCCS2(=O)=O)cc1)C(C)C(=O)Nc1ccccc1. The Balaban J connectivity index is 1.66. The van der Waals surface area contributed by atoms with Gasteiger partial charge >= 0.3 is 0 Å². The van der Waals surface area contributed by atoms with E-state index in [1.807, 2.05) is 25.1 Å². The van der Waals surface area contributed by atoms with Crippen LogP contribution in [0.2, 0.25) is 0 Å². The normalized spacial score (nSPS) is 16.1. The van der Waals surface area contributed by atoms with Gasteiger partial charge in [-0.3, -0.25) is 13.9 Å². The van der Waals surface area contributed by atoms with Gasteiger partial charge in [0.2, 0.25) is 21.8 Å². The van der Waals surface area contributed by atoms with Gasteiger partial charge in [-0.05, 0) is 55.7 Å². The maximum atomic E-state index is 12.8. The number of nitrogens with zero attached hydrogens (tertiary/aromatic N) is 2. The highest BCUT2D eigenvalue weighted by atomic mass is 32.2. The highest BCUT2D eigenvalue weighted by Crippen LogP contribution is 2.24. The van der Waals surface area contributed by atoms with Crippen LogP contribution in [0.4, 0.5) is 11.4 Å². The van der Waals surface area contributed by atoms with Gasteiger partial charge in [0, 0.05) is 24.9 Å². The standard InChI is InChI=1S/C24H29N3O4S/c1-3-16-26(19(2)24(29)25-21-8-5-4-6-9-21)23(28)15-12-20-10-13-22(14-11-20)27-17-7-18-32(27,30)31/h4-6,8-15,19H,3,7,16-18H2,1-2H3,(H,25,29)/b15-12+. The second-order valence-corrected chi connectivity index (χ2v) is 9.74. The second-order valence-electron chi connectivity index (χ2n) is 7.73. The smallest absolute Gasteiger partial charge is 0.247 e. The van der Waals surface area contributed by atoms with Gasteiger partial charge in [-0.1, -0.05) is 37.3 Å². The number of rotatable bonds is 8. The Hall–Kier alpha value is -3.13. The van der Waals surface area contributed by atoms with Crippen molar-refractivity contribution in [3.8, 4) is 0 Å². The van der Waals surface area contributed by atoms with Crippen molar-refractivity contribution < 1.29 is 18.0 Å². The molecule has 1 saturated heterocycles. The molecule has 1 aliphatic heterocycles. The third-order valence-electron chi connectivity index (χ3n) is 5.33. The van der Waals surface area contributed by atoms with Gasteiger partial charge in [0.25, 0.3) is 0 Å².